The predicted octanol–water partition coefficient (Wildman–Crippen LogP) is 3.42. The Morgan fingerprint density at radius 3 is 2.75 bits per heavy atom. The highest BCUT2D eigenvalue weighted by Gasteiger charge is 2.12. The SMILES string of the molecule is Cc1nc2scnn2c1-c1ccc(Cl)cc1. The number of fused-ring (bicyclic) bond motifs is 1. The van der Waals surface area contributed by atoms with Gasteiger partial charge in [0.1, 0.15) is 5.51 Å². The highest BCUT2D eigenvalue weighted by molar-refractivity contribution is 7.14. The van der Waals surface area contributed by atoms with Crippen LogP contribution in [0.5, 0.6) is 0 Å². The van der Waals surface area contributed by atoms with E-state index in [9.17, 15) is 0 Å². The highest BCUT2D eigenvalue weighted by Crippen LogP contribution is 2.26. The Balaban J connectivity index is 2.28. The molecule has 0 unspecified atom stereocenters. The minimum absolute atomic E-state index is 0.737. The lowest BCUT2D eigenvalue weighted by Crippen LogP contribution is -1.89. The van der Waals surface area contributed by atoms with Gasteiger partial charge in [-0.25, -0.2) is 9.50 Å². The third kappa shape index (κ3) is 1.42. The molecule has 0 fully saturated rings. The van der Waals surface area contributed by atoms with E-state index in [0.29, 0.717) is 0 Å². The maximum absolute atomic E-state index is 5.87. The Morgan fingerprint density at radius 2 is 2.00 bits per heavy atom. The topological polar surface area (TPSA) is 30.2 Å². The number of hydrogen-bond donors (Lipinski definition) is 0. The summed E-state index contributed by atoms with van der Waals surface area (Å²) in [4.78, 5) is 5.38. The number of halogens is 1. The van der Waals surface area contributed by atoms with Crippen LogP contribution < -0.4 is 0 Å². The van der Waals surface area contributed by atoms with Crippen molar-refractivity contribution in [2.75, 3.05) is 0 Å². The number of aryl methyl sites for hydroxylation is 1. The minimum Gasteiger partial charge on any atom is -0.222 e. The Hall–Kier alpha value is -1.39. The molecule has 5 heteroatoms. The second kappa shape index (κ2) is 3.57. The largest absolute Gasteiger partial charge is 0.222 e. The van der Waals surface area contributed by atoms with Crippen LogP contribution in [-0.2, 0) is 0 Å². The van der Waals surface area contributed by atoms with E-state index in [0.717, 1.165) is 26.9 Å². The molecular formula is C11H8ClN3S. The molecule has 0 atom stereocenters. The van der Waals surface area contributed by atoms with E-state index in [2.05, 4.69) is 10.1 Å². The number of hydrogen-bond acceptors (Lipinski definition) is 3. The van der Waals surface area contributed by atoms with E-state index >= 15 is 0 Å². The van der Waals surface area contributed by atoms with Gasteiger partial charge >= 0.3 is 0 Å². The maximum Gasteiger partial charge on any atom is 0.212 e. The van der Waals surface area contributed by atoms with Crippen molar-refractivity contribution in [3.05, 3.63) is 40.5 Å². The van der Waals surface area contributed by atoms with Gasteiger partial charge in [0, 0.05) is 10.6 Å². The normalized spacial score (nSPS) is 11.1. The van der Waals surface area contributed by atoms with Crippen LogP contribution >= 0.6 is 22.9 Å². The molecule has 0 bridgehead atoms. The van der Waals surface area contributed by atoms with Gasteiger partial charge in [0.2, 0.25) is 4.96 Å². The first-order chi connectivity index (χ1) is 7.75. The van der Waals surface area contributed by atoms with Crippen molar-refractivity contribution in [3.8, 4) is 11.3 Å². The number of benzene rings is 1. The van der Waals surface area contributed by atoms with Gasteiger partial charge in [0.15, 0.2) is 0 Å². The smallest absolute Gasteiger partial charge is 0.212 e. The molecule has 0 radical (unpaired) electrons. The van der Waals surface area contributed by atoms with Crippen molar-refractivity contribution in [1.29, 1.82) is 0 Å². The highest BCUT2D eigenvalue weighted by atomic mass is 35.5. The summed E-state index contributed by atoms with van der Waals surface area (Å²) >= 11 is 7.41. The van der Waals surface area contributed by atoms with Crippen LogP contribution in [-0.4, -0.2) is 14.6 Å². The summed E-state index contributed by atoms with van der Waals surface area (Å²) in [6.45, 7) is 1.99. The molecule has 2 heterocycles. The van der Waals surface area contributed by atoms with Crippen LogP contribution in [0.15, 0.2) is 29.8 Å². The molecule has 0 saturated heterocycles. The van der Waals surface area contributed by atoms with Gasteiger partial charge in [-0.3, -0.25) is 0 Å². The molecule has 2 aromatic heterocycles. The monoisotopic (exact) mass is 249 g/mol. The quantitative estimate of drug-likeness (QED) is 0.662. The van der Waals surface area contributed by atoms with E-state index in [-0.39, 0.29) is 0 Å². The number of imidazole rings is 1. The molecule has 0 N–H and O–H groups in total. The fourth-order valence-corrected chi connectivity index (χ4v) is 2.52. The fraction of sp³-hybridized carbons (Fsp3) is 0.0909. The number of aromatic nitrogens is 3. The summed E-state index contributed by atoms with van der Waals surface area (Å²) in [5, 5.41) is 5.01. The van der Waals surface area contributed by atoms with Crippen LogP contribution in [0, 0.1) is 6.92 Å². The molecule has 0 aliphatic carbocycles. The molecule has 0 aliphatic rings. The summed E-state index contributed by atoms with van der Waals surface area (Å²) in [6, 6.07) is 7.72. The first-order valence-corrected chi connectivity index (χ1v) is 6.06. The van der Waals surface area contributed by atoms with Crippen LogP contribution in [0.1, 0.15) is 5.69 Å². The Morgan fingerprint density at radius 1 is 1.25 bits per heavy atom. The first-order valence-electron chi connectivity index (χ1n) is 4.80. The summed E-state index contributed by atoms with van der Waals surface area (Å²) in [5.74, 6) is 0. The summed E-state index contributed by atoms with van der Waals surface area (Å²) in [7, 11) is 0. The zero-order valence-corrected chi connectivity index (χ0v) is 10.1. The average Bonchev–Trinajstić information content (AvgIpc) is 2.79. The van der Waals surface area contributed by atoms with Crippen LogP contribution in [0.25, 0.3) is 16.2 Å². The molecule has 3 nitrogen and oxygen atoms in total. The maximum atomic E-state index is 5.87. The molecule has 16 heavy (non-hydrogen) atoms. The summed E-state index contributed by atoms with van der Waals surface area (Å²) in [5.41, 5.74) is 4.90. The minimum atomic E-state index is 0.737. The second-order valence-electron chi connectivity index (χ2n) is 3.49. The third-order valence-electron chi connectivity index (χ3n) is 2.44. The van der Waals surface area contributed by atoms with Crippen molar-refractivity contribution >= 4 is 27.9 Å². The number of nitrogens with zero attached hydrogens (tertiary/aromatic N) is 3. The summed E-state index contributed by atoms with van der Waals surface area (Å²) < 4.78 is 1.86. The molecule has 0 amide bonds. The molecule has 3 aromatic rings. The van der Waals surface area contributed by atoms with Crippen molar-refractivity contribution in [2.24, 2.45) is 0 Å². The van der Waals surface area contributed by atoms with E-state index in [1.807, 2.05) is 35.7 Å². The third-order valence-corrected chi connectivity index (χ3v) is 3.36. The van der Waals surface area contributed by atoms with Gasteiger partial charge in [-0.1, -0.05) is 35.1 Å². The van der Waals surface area contributed by atoms with Gasteiger partial charge in [0.25, 0.3) is 0 Å². The van der Waals surface area contributed by atoms with Crippen LogP contribution in [0.2, 0.25) is 5.02 Å². The molecule has 80 valence electrons. The van der Waals surface area contributed by atoms with Crippen molar-refractivity contribution in [1.82, 2.24) is 14.6 Å². The van der Waals surface area contributed by atoms with Crippen molar-refractivity contribution < 1.29 is 0 Å². The zero-order valence-electron chi connectivity index (χ0n) is 8.51. The van der Waals surface area contributed by atoms with Crippen LogP contribution in [0.4, 0.5) is 0 Å². The van der Waals surface area contributed by atoms with Gasteiger partial charge in [-0.15, -0.1) is 0 Å². The first kappa shape index (κ1) is 9.81. The van der Waals surface area contributed by atoms with E-state index in [4.69, 9.17) is 11.6 Å². The Bertz CT molecular complexity index is 639. The molecule has 0 saturated carbocycles. The lowest BCUT2D eigenvalue weighted by Gasteiger charge is -2.00. The number of rotatable bonds is 1. The lowest BCUT2D eigenvalue weighted by atomic mass is 10.1. The zero-order chi connectivity index (χ0) is 11.1. The van der Waals surface area contributed by atoms with E-state index in [1.165, 1.54) is 11.3 Å². The predicted molar refractivity (Wildman–Crippen MR) is 66.0 cm³/mol. The molecule has 0 aliphatic heterocycles. The van der Waals surface area contributed by atoms with Gasteiger partial charge in [-0.05, 0) is 19.1 Å². The summed E-state index contributed by atoms with van der Waals surface area (Å²) in [6.07, 6.45) is 0. The fourth-order valence-electron chi connectivity index (χ4n) is 1.73. The Labute approximate surface area is 101 Å². The van der Waals surface area contributed by atoms with E-state index < -0.39 is 0 Å². The molecular weight excluding hydrogens is 242 g/mol. The van der Waals surface area contributed by atoms with Crippen molar-refractivity contribution in [3.63, 3.8) is 0 Å². The standard InChI is InChI=1S/C11H8ClN3S/c1-7-10(8-2-4-9(12)5-3-8)15-11(14-7)16-6-13-15/h2-6H,1H3. The van der Waals surface area contributed by atoms with Gasteiger partial charge in [0.05, 0.1) is 11.4 Å². The lowest BCUT2D eigenvalue weighted by molar-refractivity contribution is 0.978. The van der Waals surface area contributed by atoms with Gasteiger partial charge < -0.3 is 0 Å². The Kier molecular flexibility index (Phi) is 2.19. The van der Waals surface area contributed by atoms with E-state index in [1.54, 1.807) is 5.51 Å². The molecule has 0 spiro atoms. The second-order valence-corrected chi connectivity index (χ2v) is 4.73. The van der Waals surface area contributed by atoms with Crippen molar-refractivity contribution in [2.45, 2.75) is 6.92 Å². The average molecular weight is 250 g/mol. The van der Waals surface area contributed by atoms with Crippen LogP contribution in [0.3, 0.4) is 0 Å². The van der Waals surface area contributed by atoms with Gasteiger partial charge in [-0.2, -0.15) is 5.10 Å². The molecule has 1 aromatic carbocycles. The molecule has 3 rings (SSSR count).